The van der Waals surface area contributed by atoms with E-state index in [1.54, 1.807) is 0 Å². The lowest BCUT2D eigenvalue weighted by Crippen LogP contribution is -1.88. The van der Waals surface area contributed by atoms with Crippen molar-refractivity contribution < 1.29 is 0 Å². The lowest BCUT2D eigenvalue weighted by atomic mass is 10.1. The summed E-state index contributed by atoms with van der Waals surface area (Å²) < 4.78 is 2.16. The average molecular weight is 284 g/mol. The zero-order valence-corrected chi connectivity index (χ0v) is 12.4. The molecule has 0 atom stereocenters. The summed E-state index contributed by atoms with van der Waals surface area (Å²) in [5.74, 6) is 0.981. The molecule has 4 rings (SSSR count). The molecule has 0 saturated heterocycles. The molecule has 0 aliphatic carbocycles. The lowest BCUT2D eigenvalue weighted by Gasteiger charge is -2.01. The molecule has 0 fully saturated rings. The minimum Gasteiger partial charge on any atom is -0.299 e. The highest BCUT2D eigenvalue weighted by atomic mass is 15.0. The van der Waals surface area contributed by atoms with Crippen molar-refractivity contribution >= 4 is 5.52 Å². The van der Waals surface area contributed by atoms with Gasteiger partial charge in [-0.3, -0.25) is 4.40 Å². The average Bonchev–Trinajstić information content (AvgIpc) is 2.96. The summed E-state index contributed by atoms with van der Waals surface area (Å²) in [4.78, 5) is 4.92. The topological polar surface area (TPSA) is 17.3 Å². The van der Waals surface area contributed by atoms with Gasteiger partial charge in [-0.05, 0) is 19.1 Å². The Labute approximate surface area is 129 Å². The summed E-state index contributed by atoms with van der Waals surface area (Å²) in [5, 5.41) is 0. The van der Waals surface area contributed by atoms with E-state index < -0.39 is 0 Å². The third-order valence-electron chi connectivity index (χ3n) is 3.91. The normalized spacial score (nSPS) is 11.0. The number of benzene rings is 2. The summed E-state index contributed by atoms with van der Waals surface area (Å²) in [6.07, 6.45) is 2.07. The fourth-order valence-corrected chi connectivity index (χ4v) is 2.75. The van der Waals surface area contributed by atoms with Crippen molar-refractivity contribution in [3.63, 3.8) is 0 Å². The number of pyridine rings is 1. The van der Waals surface area contributed by atoms with Gasteiger partial charge >= 0.3 is 0 Å². The molecule has 0 bridgehead atoms. The molecular weight excluding hydrogens is 268 g/mol. The molecule has 0 aliphatic rings. The van der Waals surface area contributed by atoms with E-state index in [9.17, 15) is 0 Å². The Morgan fingerprint density at radius 3 is 2.23 bits per heavy atom. The maximum absolute atomic E-state index is 4.92. The number of hydrogen-bond donors (Lipinski definition) is 0. The molecule has 0 spiro atoms. The zero-order valence-electron chi connectivity index (χ0n) is 12.4. The summed E-state index contributed by atoms with van der Waals surface area (Å²) in [6, 6.07) is 25.1. The number of fused-ring (bicyclic) bond motifs is 1. The van der Waals surface area contributed by atoms with Crippen molar-refractivity contribution in [1.82, 2.24) is 9.38 Å². The van der Waals surface area contributed by atoms with E-state index in [1.165, 1.54) is 5.56 Å². The molecule has 2 aromatic carbocycles. The summed E-state index contributed by atoms with van der Waals surface area (Å²) >= 11 is 0. The molecule has 2 nitrogen and oxygen atoms in total. The van der Waals surface area contributed by atoms with Crippen LogP contribution in [0.3, 0.4) is 0 Å². The van der Waals surface area contributed by atoms with Crippen molar-refractivity contribution in [2.24, 2.45) is 0 Å². The Balaban J connectivity index is 1.99. The maximum Gasteiger partial charge on any atom is 0.145 e. The summed E-state index contributed by atoms with van der Waals surface area (Å²) in [6.45, 7) is 2.10. The monoisotopic (exact) mass is 284 g/mol. The van der Waals surface area contributed by atoms with Crippen LogP contribution in [0.5, 0.6) is 0 Å². The number of aromatic nitrogens is 2. The van der Waals surface area contributed by atoms with Gasteiger partial charge in [0, 0.05) is 17.3 Å². The van der Waals surface area contributed by atoms with Gasteiger partial charge in [-0.2, -0.15) is 0 Å². The van der Waals surface area contributed by atoms with Crippen LogP contribution in [-0.4, -0.2) is 9.38 Å². The van der Waals surface area contributed by atoms with Gasteiger partial charge < -0.3 is 0 Å². The molecule has 0 N–H and O–H groups in total. The molecule has 2 heteroatoms. The second-order valence-electron chi connectivity index (χ2n) is 5.47. The Morgan fingerprint density at radius 1 is 0.727 bits per heavy atom. The Kier molecular flexibility index (Phi) is 3.01. The fourth-order valence-electron chi connectivity index (χ4n) is 2.75. The summed E-state index contributed by atoms with van der Waals surface area (Å²) in [7, 11) is 0. The van der Waals surface area contributed by atoms with Gasteiger partial charge in [0.05, 0.1) is 11.2 Å². The lowest BCUT2D eigenvalue weighted by molar-refractivity contribution is 1.16. The minimum absolute atomic E-state index is 0.981. The fraction of sp³-hybridized carbons (Fsp3) is 0.0500. The Hall–Kier alpha value is -2.87. The van der Waals surface area contributed by atoms with E-state index in [-0.39, 0.29) is 0 Å². The number of rotatable bonds is 2. The van der Waals surface area contributed by atoms with E-state index in [4.69, 9.17) is 4.98 Å². The number of aryl methyl sites for hydroxylation is 1. The highest BCUT2D eigenvalue weighted by Crippen LogP contribution is 2.29. The molecule has 22 heavy (non-hydrogen) atoms. The molecule has 0 aliphatic heterocycles. The third kappa shape index (κ3) is 2.09. The second kappa shape index (κ2) is 5.15. The Bertz CT molecular complexity index is 919. The molecule has 0 unspecified atom stereocenters. The molecule has 106 valence electrons. The number of imidazole rings is 1. The minimum atomic E-state index is 0.981. The molecule has 0 saturated carbocycles. The van der Waals surface area contributed by atoms with E-state index >= 15 is 0 Å². The van der Waals surface area contributed by atoms with Gasteiger partial charge in [0.15, 0.2) is 0 Å². The molecule has 2 aromatic heterocycles. The van der Waals surface area contributed by atoms with Crippen LogP contribution in [0, 0.1) is 6.92 Å². The van der Waals surface area contributed by atoms with Crippen molar-refractivity contribution in [2.75, 3.05) is 0 Å². The SMILES string of the molecule is Cc1ccc(-c2nc(-c3ccccc3)c3ccccn23)cc1. The van der Waals surface area contributed by atoms with Gasteiger partial charge in [-0.1, -0.05) is 66.2 Å². The number of hydrogen-bond acceptors (Lipinski definition) is 1. The highest BCUT2D eigenvalue weighted by Gasteiger charge is 2.13. The number of nitrogens with zero attached hydrogens (tertiary/aromatic N) is 2. The highest BCUT2D eigenvalue weighted by molar-refractivity contribution is 5.81. The van der Waals surface area contributed by atoms with Crippen LogP contribution in [0.25, 0.3) is 28.2 Å². The van der Waals surface area contributed by atoms with Crippen LogP contribution in [-0.2, 0) is 0 Å². The van der Waals surface area contributed by atoms with Crippen molar-refractivity contribution in [3.05, 3.63) is 84.6 Å². The smallest absolute Gasteiger partial charge is 0.145 e. The van der Waals surface area contributed by atoms with Crippen LogP contribution >= 0.6 is 0 Å². The van der Waals surface area contributed by atoms with Crippen molar-refractivity contribution in [3.8, 4) is 22.6 Å². The quantitative estimate of drug-likeness (QED) is 0.507. The van der Waals surface area contributed by atoms with E-state index in [2.05, 4.69) is 78.2 Å². The van der Waals surface area contributed by atoms with E-state index in [0.29, 0.717) is 0 Å². The van der Waals surface area contributed by atoms with Gasteiger partial charge in [0.1, 0.15) is 5.82 Å². The first-order valence-electron chi connectivity index (χ1n) is 7.42. The predicted molar refractivity (Wildman–Crippen MR) is 90.8 cm³/mol. The molecule has 2 heterocycles. The standard InChI is InChI=1S/C20H16N2/c1-15-10-12-17(13-11-15)20-21-19(16-7-3-2-4-8-16)18-9-5-6-14-22(18)20/h2-14H,1H3. The molecule has 0 amide bonds. The molecular formula is C20H16N2. The molecule has 4 aromatic rings. The first-order valence-corrected chi connectivity index (χ1v) is 7.42. The van der Waals surface area contributed by atoms with Crippen LogP contribution in [0.2, 0.25) is 0 Å². The van der Waals surface area contributed by atoms with Crippen LogP contribution in [0.4, 0.5) is 0 Å². The zero-order chi connectivity index (χ0) is 14.9. The molecule has 0 radical (unpaired) electrons. The van der Waals surface area contributed by atoms with Gasteiger partial charge in [0.2, 0.25) is 0 Å². The third-order valence-corrected chi connectivity index (χ3v) is 3.91. The van der Waals surface area contributed by atoms with Gasteiger partial charge in [-0.25, -0.2) is 4.98 Å². The second-order valence-corrected chi connectivity index (χ2v) is 5.47. The predicted octanol–water partition coefficient (Wildman–Crippen LogP) is 4.98. The summed E-state index contributed by atoms with van der Waals surface area (Å²) in [5.41, 5.74) is 5.69. The van der Waals surface area contributed by atoms with Crippen molar-refractivity contribution in [1.29, 1.82) is 0 Å². The largest absolute Gasteiger partial charge is 0.299 e. The first-order chi connectivity index (χ1) is 10.8. The maximum atomic E-state index is 4.92. The first kappa shape index (κ1) is 12.8. The van der Waals surface area contributed by atoms with Gasteiger partial charge in [-0.15, -0.1) is 0 Å². The van der Waals surface area contributed by atoms with Crippen LogP contribution in [0.15, 0.2) is 79.0 Å². The van der Waals surface area contributed by atoms with Gasteiger partial charge in [0.25, 0.3) is 0 Å². The van der Waals surface area contributed by atoms with E-state index in [1.807, 2.05) is 12.1 Å². The van der Waals surface area contributed by atoms with E-state index in [0.717, 1.165) is 28.2 Å². The Morgan fingerprint density at radius 2 is 1.45 bits per heavy atom. The van der Waals surface area contributed by atoms with Crippen LogP contribution in [0.1, 0.15) is 5.56 Å². The van der Waals surface area contributed by atoms with Crippen molar-refractivity contribution in [2.45, 2.75) is 6.92 Å². The van der Waals surface area contributed by atoms with Crippen LogP contribution < -0.4 is 0 Å².